The molecule has 0 aromatic heterocycles. The van der Waals surface area contributed by atoms with Crippen LogP contribution in [0, 0.1) is 0 Å². The first-order chi connectivity index (χ1) is 19.0. The minimum Gasteiger partial charge on any atom is -0.504 e. The minimum absolute atomic E-state index is 0.102. The number of phenolic OH excluding ortho intramolecular Hbond substituents is 1. The average Bonchev–Trinajstić information content (AvgIpc) is 3.34. The summed E-state index contributed by atoms with van der Waals surface area (Å²) in [7, 11) is 0. The third-order valence-electron chi connectivity index (χ3n) is 7.72. The number of carbonyl (C=O) groups is 1. The van der Waals surface area contributed by atoms with Gasteiger partial charge in [0.1, 0.15) is 12.2 Å². The molecule has 3 N–H and O–H groups in total. The summed E-state index contributed by atoms with van der Waals surface area (Å²) < 4.78 is 11.6. The lowest BCUT2D eigenvalue weighted by molar-refractivity contribution is -0.148. The Morgan fingerprint density at radius 3 is 2.67 bits per heavy atom. The zero-order valence-corrected chi connectivity index (χ0v) is 23.2. The number of esters is 1. The molecule has 2 heterocycles. The largest absolute Gasteiger partial charge is 0.504 e. The summed E-state index contributed by atoms with van der Waals surface area (Å²) in [4.78, 5) is 16.3. The number of aliphatic hydroxyl groups is 1. The van der Waals surface area contributed by atoms with E-state index in [1.807, 2.05) is 18.2 Å². The van der Waals surface area contributed by atoms with Gasteiger partial charge >= 0.3 is 5.97 Å². The van der Waals surface area contributed by atoms with Gasteiger partial charge in [-0.1, -0.05) is 43.5 Å². The van der Waals surface area contributed by atoms with Crippen molar-refractivity contribution in [3.8, 4) is 11.5 Å². The number of rotatable bonds is 15. The maximum absolute atomic E-state index is 11.7. The number of para-hydroxylation sites is 1. The van der Waals surface area contributed by atoms with E-state index in [2.05, 4.69) is 28.5 Å². The lowest BCUT2D eigenvalue weighted by Crippen LogP contribution is -2.34. The molecule has 0 bridgehead atoms. The highest BCUT2D eigenvalue weighted by Crippen LogP contribution is 2.30. The highest BCUT2D eigenvalue weighted by Gasteiger charge is 2.19. The van der Waals surface area contributed by atoms with Crippen LogP contribution in [-0.2, 0) is 16.0 Å². The second kappa shape index (κ2) is 15.0. The van der Waals surface area contributed by atoms with Crippen molar-refractivity contribution in [1.82, 2.24) is 5.32 Å². The third kappa shape index (κ3) is 9.36. The lowest BCUT2D eigenvalue weighted by atomic mass is 9.98. The monoisotopic (exact) mass is 536 g/mol. The zero-order chi connectivity index (χ0) is 27.5. The average molecular weight is 537 g/mol. The molecule has 7 nitrogen and oxygen atoms in total. The Kier molecular flexibility index (Phi) is 11.2. The van der Waals surface area contributed by atoms with Gasteiger partial charge < -0.3 is 25.0 Å². The van der Waals surface area contributed by atoms with Crippen LogP contribution in [0.5, 0.6) is 11.5 Å². The SMILES string of the molecule is CC(=O)O[C@H](CCc1ccc(O)c(OC2CCNCC2)c1)C[C@@H](O)CCCCCCC1=c2ccccc2=NC1. The molecule has 1 fully saturated rings. The Morgan fingerprint density at radius 2 is 1.85 bits per heavy atom. The molecule has 7 heteroatoms. The second-order valence-electron chi connectivity index (χ2n) is 10.9. The zero-order valence-electron chi connectivity index (χ0n) is 23.2. The highest BCUT2D eigenvalue weighted by molar-refractivity contribution is 5.66. The van der Waals surface area contributed by atoms with Crippen molar-refractivity contribution in [1.29, 1.82) is 0 Å². The number of aliphatic hydroxyl groups excluding tert-OH is 1. The van der Waals surface area contributed by atoms with Crippen molar-refractivity contribution in [2.45, 2.75) is 95.9 Å². The molecule has 0 aliphatic carbocycles. The number of carbonyl (C=O) groups excluding carboxylic acids is 1. The van der Waals surface area contributed by atoms with E-state index in [-0.39, 0.29) is 23.9 Å². The van der Waals surface area contributed by atoms with E-state index in [1.54, 1.807) is 6.07 Å². The first kappa shape index (κ1) is 29.1. The molecular weight excluding hydrogens is 492 g/mol. The number of benzene rings is 2. The Balaban J connectivity index is 1.17. The van der Waals surface area contributed by atoms with Gasteiger partial charge in [-0.25, -0.2) is 0 Å². The quantitative estimate of drug-likeness (QED) is 0.235. The second-order valence-corrected chi connectivity index (χ2v) is 10.9. The fraction of sp³-hybridized carbons (Fsp3) is 0.562. The first-order valence-corrected chi connectivity index (χ1v) is 14.6. The number of piperidine rings is 1. The van der Waals surface area contributed by atoms with Crippen LogP contribution in [0.25, 0.3) is 5.57 Å². The Hall–Kier alpha value is -2.90. The number of hydrogen-bond acceptors (Lipinski definition) is 7. The summed E-state index contributed by atoms with van der Waals surface area (Å²) in [6, 6.07) is 13.8. The number of hydrogen-bond donors (Lipinski definition) is 3. The van der Waals surface area contributed by atoms with Crippen LogP contribution in [0.3, 0.4) is 0 Å². The van der Waals surface area contributed by atoms with Gasteiger partial charge in [-0.2, -0.15) is 0 Å². The highest BCUT2D eigenvalue weighted by atomic mass is 16.5. The van der Waals surface area contributed by atoms with Gasteiger partial charge in [0.05, 0.1) is 18.0 Å². The number of nitrogens with zero attached hydrogens (tertiary/aromatic N) is 1. The predicted molar refractivity (Wildman–Crippen MR) is 152 cm³/mol. The van der Waals surface area contributed by atoms with Crippen LogP contribution in [0.15, 0.2) is 47.5 Å². The lowest BCUT2D eigenvalue weighted by Gasteiger charge is -2.24. The van der Waals surface area contributed by atoms with Crippen LogP contribution >= 0.6 is 0 Å². The van der Waals surface area contributed by atoms with Crippen molar-refractivity contribution in [2.75, 3.05) is 19.6 Å². The minimum atomic E-state index is -0.497. The van der Waals surface area contributed by atoms with E-state index in [1.165, 1.54) is 17.7 Å². The molecule has 2 aromatic rings. The standard InChI is InChI=1S/C32H44N2O5/c1-23(35)38-28(14-12-24-13-15-31(37)32(20-24)39-27-16-18-33-19-17-27)21-26(36)9-5-3-2-4-8-25-22-34-30-11-7-6-10-29(25)30/h6-7,10-11,13,15,20,26-28,33,36-37H,2-5,8-9,12,14,16-19,21-22H2,1H3/t26-,28+/m0/s1. The van der Waals surface area contributed by atoms with E-state index in [9.17, 15) is 15.0 Å². The topological polar surface area (TPSA) is 100 Å². The molecule has 2 aliphatic heterocycles. The number of fused-ring (bicyclic) bond motifs is 1. The van der Waals surface area contributed by atoms with Crippen LogP contribution in [0.1, 0.15) is 76.7 Å². The molecule has 0 saturated carbocycles. The van der Waals surface area contributed by atoms with E-state index in [0.717, 1.165) is 75.5 Å². The first-order valence-electron chi connectivity index (χ1n) is 14.6. The van der Waals surface area contributed by atoms with E-state index in [4.69, 9.17) is 9.47 Å². The summed E-state index contributed by atoms with van der Waals surface area (Å²) in [5.74, 6) is 0.324. The van der Waals surface area contributed by atoms with E-state index in [0.29, 0.717) is 31.4 Å². The molecule has 212 valence electrons. The summed E-state index contributed by atoms with van der Waals surface area (Å²) in [5.41, 5.74) is 2.45. The summed E-state index contributed by atoms with van der Waals surface area (Å²) in [5, 5.41) is 26.7. The molecular formula is C32H44N2O5. The van der Waals surface area contributed by atoms with E-state index < -0.39 is 6.10 Å². The van der Waals surface area contributed by atoms with Gasteiger partial charge in [-0.05, 0) is 87.4 Å². The van der Waals surface area contributed by atoms with Crippen LogP contribution in [0.4, 0.5) is 0 Å². The number of aromatic hydroxyl groups is 1. The molecule has 4 rings (SSSR count). The predicted octanol–water partition coefficient (Wildman–Crippen LogP) is 3.96. The summed E-state index contributed by atoms with van der Waals surface area (Å²) in [6.45, 7) is 4.08. The molecule has 2 aromatic carbocycles. The fourth-order valence-electron chi connectivity index (χ4n) is 5.57. The van der Waals surface area contributed by atoms with Crippen molar-refractivity contribution in [3.63, 3.8) is 0 Å². The van der Waals surface area contributed by atoms with Gasteiger partial charge in [0.2, 0.25) is 0 Å². The third-order valence-corrected chi connectivity index (χ3v) is 7.72. The Bertz CT molecular complexity index is 1190. The number of phenols is 1. The molecule has 2 aliphatic rings. The van der Waals surface area contributed by atoms with Gasteiger partial charge in [0, 0.05) is 18.6 Å². The number of unbranched alkanes of at least 4 members (excludes halogenated alkanes) is 3. The van der Waals surface area contributed by atoms with Crippen molar-refractivity contribution in [2.24, 2.45) is 4.99 Å². The maximum Gasteiger partial charge on any atom is 0.302 e. The van der Waals surface area contributed by atoms with Gasteiger partial charge in [-0.3, -0.25) is 9.79 Å². The summed E-state index contributed by atoms with van der Waals surface area (Å²) in [6.07, 6.45) is 8.91. The van der Waals surface area contributed by atoms with Crippen molar-refractivity contribution < 1.29 is 24.5 Å². The summed E-state index contributed by atoms with van der Waals surface area (Å²) >= 11 is 0. The number of nitrogens with one attached hydrogen (secondary N) is 1. The number of ether oxygens (including phenoxy) is 2. The molecule has 0 spiro atoms. The van der Waals surface area contributed by atoms with Crippen LogP contribution < -0.4 is 20.6 Å². The molecule has 39 heavy (non-hydrogen) atoms. The maximum atomic E-state index is 11.7. The molecule has 1 saturated heterocycles. The molecule has 0 radical (unpaired) electrons. The molecule has 0 unspecified atom stereocenters. The van der Waals surface area contributed by atoms with E-state index >= 15 is 0 Å². The molecule has 0 amide bonds. The van der Waals surface area contributed by atoms with Crippen LogP contribution in [0.2, 0.25) is 0 Å². The van der Waals surface area contributed by atoms with Crippen LogP contribution in [-0.4, -0.2) is 54.1 Å². The van der Waals surface area contributed by atoms with Crippen molar-refractivity contribution in [3.05, 3.63) is 58.6 Å². The Labute approximate surface area is 232 Å². The fourth-order valence-corrected chi connectivity index (χ4v) is 5.57. The van der Waals surface area contributed by atoms with Gasteiger partial charge in [0.15, 0.2) is 11.5 Å². The number of aryl methyl sites for hydroxylation is 1. The Morgan fingerprint density at radius 1 is 1.05 bits per heavy atom. The van der Waals surface area contributed by atoms with Crippen molar-refractivity contribution >= 4 is 11.5 Å². The smallest absolute Gasteiger partial charge is 0.302 e. The normalized spacial score (nSPS) is 16.8. The van der Waals surface area contributed by atoms with Gasteiger partial charge in [0.25, 0.3) is 0 Å². The molecule has 2 atom stereocenters. The van der Waals surface area contributed by atoms with Gasteiger partial charge in [-0.15, -0.1) is 0 Å².